The van der Waals surface area contributed by atoms with E-state index in [0.717, 1.165) is 19.3 Å². The molecule has 1 aliphatic carbocycles. The van der Waals surface area contributed by atoms with Crippen LogP contribution in [0.1, 0.15) is 37.7 Å². The molecular formula is C15H19NO3. The molecule has 1 saturated carbocycles. The number of nitrogens with one attached hydrogen (secondary N) is 1. The Balaban J connectivity index is 1.74. The molecule has 0 heterocycles. The maximum atomic E-state index is 11.8. The highest BCUT2D eigenvalue weighted by Crippen LogP contribution is 2.32. The van der Waals surface area contributed by atoms with Crippen molar-refractivity contribution in [2.24, 2.45) is 0 Å². The molecule has 1 fully saturated rings. The number of amides is 1. The molecule has 1 aromatic rings. The molecule has 1 amide bonds. The predicted molar refractivity (Wildman–Crippen MR) is 71.7 cm³/mol. The minimum Gasteiger partial charge on any atom is -0.480 e. The highest BCUT2D eigenvalue weighted by molar-refractivity contribution is 5.87. The Kier molecular flexibility index (Phi) is 4.20. The first-order valence-corrected chi connectivity index (χ1v) is 6.71. The van der Waals surface area contributed by atoms with Crippen molar-refractivity contribution in [1.82, 2.24) is 5.32 Å². The van der Waals surface area contributed by atoms with Gasteiger partial charge in [0, 0.05) is 6.42 Å². The second kappa shape index (κ2) is 5.87. The fraction of sp³-hybridized carbons (Fsp3) is 0.467. The standard InChI is InChI=1S/C15H19NO3/c17-13(16-15(14(18)19)10-5-11-15)9-4-8-12-6-2-1-3-7-12/h1-3,6-7H,4-5,8-11H2,(H,16,17)(H,18,19). The van der Waals surface area contributed by atoms with Gasteiger partial charge >= 0.3 is 5.97 Å². The van der Waals surface area contributed by atoms with Crippen LogP contribution in [0, 0.1) is 0 Å². The molecule has 1 aromatic carbocycles. The van der Waals surface area contributed by atoms with Crippen molar-refractivity contribution in [3.05, 3.63) is 35.9 Å². The summed E-state index contributed by atoms with van der Waals surface area (Å²) in [7, 11) is 0. The molecule has 0 radical (unpaired) electrons. The quantitative estimate of drug-likeness (QED) is 0.824. The Morgan fingerprint density at radius 2 is 1.89 bits per heavy atom. The summed E-state index contributed by atoms with van der Waals surface area (Å²) < 4.78 is 0. The summed E-state index contributed by atoms with van der Waals surface area (Å²) in [5.41, 5.74) is 0.219. The lowest BCUT2D eigenvalue weighted by Crippen LogP contribution is -2.59. The monoisotopic (exact) mass is 261 g/mol. The van der Waals surface area contributed by atoms with Crippen molar-refractivity contribution < 1.29 is 14.7 Å². The molecule has 102 valence electrons. The molecule has 0 saturated heterocycles. The largest absolute Gasteiger partial charge is 0.480 e. The van der Waals surface area contributed by atoms with E-state index < -0.39 is 11.5 Å². The van der Waals surface area contributed by atoms with E-state index in [1.54, 1.807) is 0 Å². The first-order valence-electron chi connectivity index (χ1n) is 6.71. The van der Waals surface area contributed by atoms with Crippen LogP contribution in [0.25, 0.3) is 0 Å². The van der Waals surface area contributed by atoms with Crippen LogP contribution in [0.4, 0.5) is 0 Å². The summed E-state index contributed by atoms with van der Waals surface area (Å²) in [4.78, 5) is 22.9. The van der Waals surface area contributed by atoms with Crippen LogP contribution in [0.5, 0.6) is 0 Å². The molecule has 0 atom stereocenters. The van der Waals surface area contributed by atoms with Gasteiger partial charge in [-0.2, -0.15) is 0 Å². The van der Waals surface area contributed by atoms with Crippen molar-refractivity contribution in [2.45, 2.75) is 44.1 Å². The fourth-order valence-electron chi connectivity index (χ4n) is 2.35. The van der Waals surface area contributed by atoms with Gasteiger partial charge in [-0.25, -0.2) is 4.79 Å². The average molecular weight is 261 g/mol. The number of aliphatic carboxylic acids is 1. The summed E-state index contributed by atoms with van der Waals surface area (Å²) in [5.74, 6) is -1.06. The third kappa shape index (κ3) is 3.34. The summed E-state index contributed by atoms with van der Waals surface area (Å²) in [6.45, 7) is 0. The molecule has 0 aromatic heterocycles. The number of hydrogen-bond acceptors (Lipinski definition) is 2. The lowest BCUT2D eigenvalue weighted by Gasteiger charge is -2.38. The first kappa shape index (κ1) is 13.6. The zero-order valence-electron chi connectivity index (χ0n) is 10.9. The van der Waals surface area contributed by atoms with Crippen molar-refractivity contribution in [3.8, 4) is 0 Å². The number of carboxylic acids is 1. The molecule has 4 heteroatoms. The lowest BCUT2D eigenvalue weighted by atomic mass is 9.76. The number of carbonyl (C=O) groups excluding carboxylic acids is 1. The lowest BCUT2D eigenvalue weighted by molar-refractivity contribution is -0.151. The van der Waals surface area contributed by atoms with Gasteiger partial charge in [-0.1, -0.05) is 30.3 Å². The zero-order chi connectivity index (χ0) is 13.7. The van der Waals surface area contributed by atoms with Crippen LogP contribution in [-0.4, -0.2) is 22.5 Å². The van der Waals surface area contributed by atoms with Gasteiger partial charge < -0.3 is 10.4 Å². The van der Waals surface area contributed by atoms with Gasteiger partial charge in [-0.3, -0.25) is 4.79 Å². The Morgan fingerprint density at radius 3 is 2.42 bits per heavy atom. The number of aryl methyl sites for hydroxylation is 1. The normalized spacial score (nSPS) is 16.4. The van der Waals surface area contributed by atoms with Crippen molar-refractivity contribution in [3.63, 3.8) is 0 Å². The number of hydrogen-bond donors (Lipinski definition) is 2. The van der Waals surface area contributed by atoms with Crippen molar-refractivity contribution in [1.29, 1.82) is 0 Å². The third-order valence-corrected chi connectivity index (χ3v) is 3.71. The van der Waals surface area contributed by atoms with E-state index in [9.17, 15) is 9.59 Å². The van der Waals surface area contributed by atoms with Crippen LogP contribution in [0.3, 0.4) is 0 Å². The fourth-order valence-corrected chi connectivity index (χ4v) is 2.35. The zero-order valence-corrected chi connectivity index (χ0v) is 10.9. The highest BCUT2D eigenvalue weighted by Gasteiger charge is 2.45. The molecule has 0 bridgehead atoms. The van der Waals surface area contributed by atoms with Crippen LogP contribution in [-0.2, 0) is 16.0 Å². The van der Waals surface area contributed by atoms with Gasteiger partial charge in [-0.05, 0) is 37.7 Å². The maximum Gasteiger partial charge on any atom is 0.329 e. The molecule has 0 spiro atoms. The number of benzene rings is 1. The van der Waals surface area contributed by atoms with Crippen LogP contribution < -0.4 is 5.32 Å². The third-order valence-electron chi connectivity index (χ3n) is 3.71. The van der Waals surface area contributed by atoms with Gasteiger partial charge in [0.25, 0.3) is 0 Å². The minimum atomic E-state index is -0.982. The molecular weight excluding hydrogens is 242 g/mol. The van der Waals surface area contributed by atoms with Crippen LogP contribution in [0.15, 0.2) is 30.3 Å². The highest BCUT2D eigenvalue weighted by atomic mass is 16.4. The molecule has 19 heavy (non-hydrogen) atoms. The molecule has 1 aliphatic rings. The van der Waals surface area contributed by atoms with Crippen LogP contribution in [0.2, 0.25) is 0 Å². The molecule has 0 unspecified atom stereocenters. The molecule has 4 nitrogen and oxygen atoms in total. The van der Waals surface area contributed by atoms with Gasteiger partial charge in [0.05, 0.1) is 0 Å². The molecule has 0 aliphatic heterocycles. The van der Waals surface area contributed by atoms with E-state index in [4.69, 9.17) is 5.11 Å². The Labute approximate surface area is 112 Å². The van der Waals surface area contributed by atoms with E-state index in [2.05, 4.69) is 5.32 Å². The van der Waals surface area contributed by atoms with E-state index in [1.165, 1.54) is 5.56 Å². The van der Waals surface area contributed by atoms with Gasteiger partial charge in [0.2, 0.25) is 5.91 Å². The number of carbonyl (C=O) groups is 2. The number of carboxylic acid groups (broad SMARTS) is 1. The summed E-state index contributed by atoms with van der Waals surface area (Å²) >= 11 is 0. The van der Waals surface area contributed by atoms with E-state index in [-0.39, 0.29) is 5.91 Å². The Morgan fingerprint density at radius 1 is 1.21 bits per heavy atom. The van der Waals surface area contributed by atoms with E-state index in [0.29, 0.717) is 19.3 Å². The molecule has 2 N–H and O–H groups in total. The number of rotatable bonds is 6. The van der Waals surface area contributed by atoms with Gasteiger partial charge in [0.15, 0.2) is 0 Å². The summed E-state index contributed by atoms with van der Waals surface area (Å²) in [6.07, 6.45) is 3.93. The smallest absolute Gasteiger partial charge is 0.329 e. The SMILES string of the molecule is O=C(CCCc1ccccc1)NC1(C(=O)O)CCC1. The van der Waals surface area contributed by atoms with Gasteiger partial charge in [0.1, 0.15) is 5.54 Å². The van der Waals surface area contributed by atoms with Crippen molar-refractivity contribution >= 4 is 11.9 Å². The second-order valence-corrected chi connectivity index (χ2v) is 5.13. The Hall–Kier alpha value is -1.84. The average Bonchev–Trinajstić information content (AvgIpc) is 2.34. The Bertz CT molecular complexity index is 452. The second-order valence-electron chi connectivity index (χ2n) is 5.13. The summed E-state index contributed by atoms with van der Waals surface area (Å²) in [6, 6.07) is 9.97. The van der Waals surface area contributed by atoms with E-state index >= 15 is 0 Å². The minimum absolute atomic E-state index is 0.155. The van der Waals surface area contributed by atoms with Crippen molar-refractivity contribution in [2.75, 3.05) is 0 Å². The first-order chi connectivity index (χ1) is 9.12. The van der Waals surface area contributed by atoms with Gasteiger partial charge in [-0.15, -0.1) is 0 Å². The molecule has 2 rings (SSSR count). The van der Waals surface area contributed by atoms with E-state index in [1.807, 2.05) is 30.3 Å². The summed E-state index contributed by atoms with van der Waals surface area (Å²) in [5, 5.41) is 11.8. The topological polar surface area (TPSA) is 66.4 Å². The van der Waals surface area contributed by atoms with Crippen LogP contribution >= 0.6 is 0 Å². The maximum absolute atomic E-state index is 11.8. The predicted octanol–water partition coefficient (Wildman–Crippen LogP) is 2.13.